The van der Waals surface area contributed by atoms with E-state index < -0.39 is 0 Å². The van der Waals surface area contributed by atoms with Gasteiger partial charge in [0.25, 0.3) is 5.91 Å². The number of hydrogen-bond acceptors (Lipinski definition) is 2. The van der Waals surface area contributed by atoms with Crippen LogP contribution < -0.4 is 5.73 Å². The van der Waals surface area contributed by atoms with Crippen LogP contribution in [0.1, 0.15) is 33.3 Å². The van der Waals surface area contributed by atoms with Gasteiger partial charge < -0.3 is 5.73 Å². The lowest BCUT2D eigenvalue weighted by Gasteiger charge is -1.86. The summed E-state index contributed by atoms with van der Waals surface area (Å²) in [5, 5.41) is 0. The molecule has 0 atom stereocenters. The van der Waals surface area contributed by atoms with Crippen LogP contribution in [-0.2, 0) is 0 Å². The lowest BCUT2D eigenvalue weighted by molar-refractivity contribution is 0.100. The summed E-state index contributed by atoms with van der Waals surface area (Å²) in [5.74, 6) is 0.426. The highest BCUT2D eigenvalue weighted by Gasteiger charge is 2.25. The molecule has 1 amide bonds. The Morgan fingerprint density at radius 1 is 1.55 bits per heavy atom. The second-order valence-corrected chi connectivity index (χ2v) is 3.96. The predicted octanol–water partition coefficient (Wildman–Crippen LogP) is 1.72. The predicted molar refractivity (Wildman–Crippen MR) is 44.8 cm³/mol. The van der Waals surface area contributed by atoms with E-state index in [9.17, 15) is 4.79 Å². The number of nitrogens with two attached hydrogens (primary N) is 1. The van der Waals surface area contributed by atoms with Crippen molar-refractivity contribution in [3.8, 4) is 0 Å². The highest BCUT2D eigenvalue weighted by molar-refractivity contribution is 7.14. The normalized spacial score (nSPS) is 16.7. The van der Waals surface area contributed by atoms with Gasteiger partial charge >= 0.3 is 0 Å². The van der Waals surface area contributed by atoms with Crippen molar-refractivity contribution in [1.82, 2.24) is 0 Å². The van der Waals surface area contributed by atoms with Crippen molar-refractivity contribution in [1.29, 1.82) is 0 Å². The van der Waals surface area contributed by atoms with E-state index in [1.807, 2.05) is 12.1 Å². The third kappa shape index (κ3) is 1.28. The number of thiophene rings is 1. The molecule has 0 saturated heterocycles. The Balaban J connectivity index is 2.25. The zero-order chi connectivity index (χ0) is 7.84. The van der Waals surface area contributed by atoms with E-state index in [1.54, 1.807) is 0 Å². The summed E-state index contributed by atoms with van der Waals surface area (Å²) in [5.41, 5.74) is 5.12. The summed E-state index contributed by atoms with van der Waals surface area (Å²) in [7, 11) is 0. The smallest absolute Gasteiger partial charge is 0.258 e. The molecule has 0 unspecified atom stereocenters. The first-order valence-electron chi connectivity index (χ1n) is 3.67. The highest BCUT2D eigenvalue weighted by Crippen LogP contribution is 2.43. The SMILES string of the molecule is NC(=O)c1ccc(C2CC2)s1. The highest BCUT2D eigenvalue weighted by atomic mass is 32.1. The molecular formula is C8H9NOS. The minimum Gasteiger partial charge on any atom is -0.365 e. The van der Waals surface area contributed by atoms with Gasteiger partial charge in [0, 0.05) is 4.88 Å². The van der Waals surface area contributed by atoms with Crippen LogP contribution >= 0.6 is 11.3 Å². The van der Waals surface area contributed by atoms with E-state index in [2.05, 4.69) is 0 Å². The second kappa shape index (κ2) is 2.34. The van der Waals surface area contributed by atoms with Gasteiger partial charge in [0.15, 0.2) is 0 Å². The molecule has 11 heavy (non-hydrogen) atoms. The summed E-state index contributed by atoms with van der Waals surface area (Å²) in [6.45, 7) is 0. The number of rotatable bonds is 2. The average Bonchev–Trinajstić information content (AvgIpc) is 2.68. The summed E-state index contributed by atoms with van der Waals surface area (Å²) in [6, 6.07) is 3.84. The molecule has 0 aromatic carbocycles. The van der Waals surface area contributed by atoms with Gasteiger partial charge in [-0.05, 0) is 30.9 Å². The third-order valence-electron chi connectivity index (χ3n) is 1.85. The lowest BCUT2D eigenvalue weighted by Crippen LogP contribution is -2.07. The average molecular weight is 167 g/mol. The van der Waals surface area contributed by atoms with Crippen LogP contribution in [0, 0.1) is 0 Å². The molecule has 1 saturated carbocycles. The molecule has 0 radical (unpaired) electrons. The Hall–Kier alpha value is -0.830. The minimum absolute atomic E-state index is 0.304. The number of carbonyl (C=O) groups is 1. The van der Waals surface area contributed by atoms with Crippen molar-refractivity contribution in [2.75, 3.05) is 0 Å². The second-order valence-electron chi connectivity index (χ2n) is 2.84. The molecule has 0 spiro atoms. The molecule has 0 aliphatic heterocycles. The molecule has 1 heterocycles. The first-order valence-corrected chi connectivity index (χ1v) is 4.48. The fourth-order valence-corrected chi connectivity index (χ4v) is 2.10. The van der Waals surface area contributed by atoms with Crippen LogP contribution in [0.3, 0.4) is 0 Å². The summed E-state index contributed by atoms with van der Waals surface area (Å²) >= 11 is 1.54. The van der Waals surface area contributed by atoms with Crippen LogP contribution in [-0.4, -0.2) is 5.91 Å². The number of primary amides is 1. The third-order valence-corrected chi connectivity index (χ3v) is 3.11. The fraction of sp³-hybridized carbons (Fsp3) is 0.375. The Bertz CT molecular complexity index is 288. The zero-order valence-corrected chi connectivity index (χ0v) is 6.86. The maximum Gasteiger partial charge on any atom is 0.258 e. The van der Waals surface area contributed by atoms with Gasteiger partial charge in [-0.25, -0.2) is 0 Å². The van der Waals surface area contributed by atoms with Crippen LogP contribution in [0.15, 0.2) is 12.1 Å². The van der Waals surface area contributed by atoms with Gasteiger partial charge in [0.2, 0.25) is 0 Å². The van der Waals surface area contributed by atoms with Crippen LogP contribution in [0.2, 0.25) is 0 Å². The van der Waals surface area contributed by atoms with Crippen molar-refractivity contribution in [3.05, 3.63) is 21.9 Å². The van der Waals surface area contributed by atoms with Gasteiger partial charge in [-0.3, -0.25) is 4.79 Å². The van der Waals surface area contributed by atoms with E-state index >= 15 is 0 Å². The van der Waals surface area contributed by atoms with Crippen molar-refractivity contribution in [3.63, 3.8) is 0 Å². The largest absolute Gasteiger partial charge is 0.365 e. The molecule has 1 aromatic rings. The van der Waals surface area contributed by atoms with Crippen molar-refractivity contribution in [2.24, 2.45) is 5.73 Å². The molecule has 1 aliphatic rings. The molecule has 2 nitrogen and oxygen atoms in total. The fourth-order valence-electron chi connectivity index (χ4n) is 1.07. The van der Waals surface area contributed by atoms with Gasteiger partial charge in [-0.2, -0.15) is 0 Å². The molecular weight excluding hydrogens is 158 g/mol. The molecule has 2 rings (SSSR count). The lowest BCUT2D eigenvalue weighted by atomic mass is 10.3. The maximum absolute atomic E-state index is 10.7. The minimum atomic E-state index is -0.304. The van der Waals surface area contributed by atoms with Crippen LogP contribution in [0.4, 0.5) is 0 Å². The van der Waals surface area contributed by atoms with Gasteiger partial charge in [0.1, 0.15) is 0 Å². The van der Waals surface area contributed by atoms with E-state index in [0.29, 0.717) is 4.88 Å². The van der Waals surface area contributed by atoms with E-state index in [1.165, 1.54) is 29.1 Å². The Morgan fingerprint density at radius 2 is 2.27 bits per heavy atom. The molecule has 58 valence electrons. The first kappa shape index (κ1) is 6.85. The zero-order valence-electron chi connectivity index (χ0n) is 6.04. The van der Waals surface area contributed by atoms with Crippen molar-refractivity contribution < 1.29 is 4.79 Å². The Labute approximate surface area is 69.0 Å². The van der Waals surface area contributed by atoms with E-state index in [-0.39, 0.29) is 5.91 Å². The number of carbonyl (C=O) groups excluding carboxylic acids is 1. The quantitative estimate of drug-likeness (QED) is 0.716. The molecule has 1 aliphatic carbocycles. The topological polar surface area (TPSA) is 43.1 Å². The molecule has 3 heteroatoms. The molecule has 2 N–H and O–H groups in total. The monoisotopic (exact) mass is 167 g/mol. The van der Waals surface area contributed by atoms with Crippen molar-refractivity contribution in [2.45, 2.75) is 18.8 Å². The van der Waals surface area contributed by atoms with Gasteiger partial charge in [-0.15, -0.1) is 11.3 Å². The van der Waals surface area contributed by atoms with Gasteiger partial charge in [0.05, 0.1) is 4.88 Å². The van der Waals surface area contributed by atoms with Crippen LogP contribution in [0.25, 0.3) is 0 Å². The number of amides is 1. The van der Waals surface area contributed by atoms with E-state index in [0.717, 1.165) is 5.92 Å². The van der Waals surface area contributed by atoms with Gasteiger partial charge in [-0.1, -0.05) is 0 Å². The maximum atomic E-state index is 10.7. The van der Waals surface area contributed by atoms with Crippen molar-refractivity contribution >= 4 is 17.2 Å². The van der Waals surface area contributed by atoms with Crippen LogP contribution in [0.5, 0.6) is 0 Å². The first-order chi connectivity index (χ1) is 5.27. The standard InChI is InChI=1S/C8H9NOS/c9-8(10)7-4-3-6(11-7)5-1-2-5/h3-5H,1-2H2,(H2,9,10). The van der Waals surface area contributed by atoms with E-state index in [4.69, 9.17) is 5.73 Å². The summed E-state index contributed by atoms with van der Waals surface area (Å²) in [6.07, 6.45) is 2.55. The Kier molecular flexibility index (Phi) is 1.46. The molecule has 1 fully saturated rings. The molecule has 0 bridgehead atoms. The summed E-state index contributed by atoms with van der Waals surface area (Å²) in [4.78, 5) is 12.7. The number of hydrogen-bond donors (Lipinski definition) is 1. The Morgan fingerprint density at radius 3 is 2.73 bits per heavy atom. The molecule has 1 aromatic heterocycles. The summed E-state index contributed by atoms with van der Waals surface area (Å²) < 4.78 is 0.